The largest absolute Gasteiger partial charge is 0.352 e. The number of benzene rings is 2. The van der Waals surface area contributed by atoms with E-state index in [1.165, 1.54) is 28.8 Å². The van der Waals surface area contributed by atoms with Crippen LogP contribution in [0.25, 0.3) is 0 Å². The molecule has 7 heteroatoms. The van der Waals surface area contributed by atoms with Crippen LogP contribution in [0.4, 0.5) is 4.39 Å². The van der Waals surface area contributed by atoms with Gasteiger partial charge in [0.2, 0.25) is 11.8 Å². The van der Waals surface area contributed by atoms with Crippen molar-refractivity contribution in [2.24, 2.45) is 0 Å². The third-order valence-electron chi connectivity index (χ3n) is 4.61. The van der Waals surface area contributed by atoms with E-state index >= 15 is 0 Å². The Bertz CT molecular complexity index is 815. The first-order valence-electron chi connectivity index (χ1n) is 9.52. The zero-order valence-electron chi connectivity index (χ0n) is 16.8. The highest BCUT2D eigenvalue weighted by molar-refractivity contribution is 8.00. The van der Waals surface area contributed by atoms with Crippen LogP contribution < -0.4 is 5.32 Å². The minimum atomic E-state index is -0.646. The van der Waals surface area contributed by atoms with E-state index in [2.05, 4.69) is 5.32 Å². The summed E-state index contributed by atoms with van der Waals surface area (Å²) in [6, 6.07) is 12.6. The minimum absolute atomic E-state index is 0.0242. The zero-order valence-corrected chi connectivity index (χ0v) is 18.4. The maximum atomic E-state index is 13.2. The summed E-state index contributed by atoms with van der Waals surface area (Å²) in [5.41, 5.74) is 0.763. The number of halogens is 2. The molecule has 0 aliphatic rings. The molecule has 0 saturated heterocycles. The van der Waals surface area contributed by atoms with Gasteiger partial charge in [0.1, 0.15) is 11.9 Å². The van der Waals surface area contributed by atoms with E-state index in [4.69, 9.17) is 11.6 Å². The maximum absolute atomic E-state index is 13.2. The van der Waals surface area contributed by atoms with E-state index in [9.17, 15) is 14.0 Å². The Morgan fingerprint density at radius 1 is 1.10 bits per heavy atom. The van der Waals surface area contributed by atoms with Crippen molar-refractivity contribution in [2.75, 3.05) is 5.75 Å². The fourth-order valence-corrected chi connectivity index (χ4v) is 3.50. The van der Waals surface area contributed by atoms with E-state index in [1.54, 1.807) is 31.2 Å². The monoisotopic (exact) mass is 436 g/mol. The number of nitrogens with one attached hydrogen (secondary N) is 1. The summed E-state index contributed by atoms with van der Waals surface area (Å²) in [4.78, 5) is 28.1. The predicted octanol–water partition coefficient (Wildman–Crippen LogP) is 4.90. The van der Waals surface area contributed by atoms with Gasteiger partial charge in [-0.05, 0) is 62.2 Å². The lowest BCUT2D eigenvalue weighted by atomic mass is 10.1. The van der Waals surface area contributed by atoms with Gasteiger partial charge in [0.05, 0.1) is 5.75 Å². The van der Waals surface area contributed by atoms with Crippen LogP contribution >= 0.6 is 23.4 Å². The van der Waals surface area contributed by atoms with Crippen molar-refractivity contribution in [1.29, 1.82) is 0 Å². The lowest BCUT2D eigenvalue weighted by molar-refractivity contribution is -0.138. The van der Waals surface area contributed by atoms with E-state index in [0.29, 0.717) is 5.02 Å². The SMILES string of the molecule is CC[C@H](C)NC(=O)[C@@H](C)N(Cc1ccc(F)cc1)C(=O)CSc1ccc(Cl)cc1. The second-order valence-corrected chi connectivity index (χ2v) is 8.37. The molecule has 0 heterocycles. The number of amides is 2. The number of rotatable bonds is 9. The van der Waals surface area contributed by atoms with Gasteiger partial charge in [-0.25, -0.2) is 4.39 Å². The van der Waals surface area contributed by atoms with Gasteiger partial charge in [-0.1, -0.05) is 30.7 Å². The van der Waals surface area contributed by atoms with Crippen LogP contribution in [-0.2, 0) is 16.1 Å². The highest BCUT2D eigenvalue weighted by atomic mass is 35.5. The van der Waals surface area contributed by atoms with Crippen LogP contribution in [-0.4, -0.2) is 34.6 Å². The predicted molar refractivity (Wildman–Crippen MR) is 116 cm³/mol. The molecule has 2 rings (SSSR count). The number of hydrogen-bond donors (Lipinski definition) is 1. The van der Waals surface area contributed by atoms with Crippen LogP contribution in [0.15, 0.2) is 53.4 Å². The molecule has 29 heavy (non-hydrogen) atoms. The second kappa shape index (κ2) is 11.2. The Labute approximate surface area is 180 Å². The first kappa shape index (κ1) is 23.2. The molecule has 0 bridgehead atoms. The Morgan fingerprint density at radius 3 is 2.31 bits per heavy atom. The van der Waals surface area contributed by atoms with Crippen LogP contribution in [0.2, 0.25) is 5.02 Å². The van der Waals surface area contributed by atoms with E-state index in [1.807, 2.05) is 26.0 Å². The molecule has 156 valence electrons. The molecule has 2 aromatic carbocycles. The molecule has 2 amide bonds. The molecule has 0 fully saturated rings. The molecule has 0 radical (unpaired) electrons. The summed E-state index contributed by atoms with van der Waals surface area (Å²) in [7, 11) is 0. The standard InChI is InChI=1S/C22H26ClFN2O2S/c1-4-15(2)25-22(28)16(3)26(13-17-5-9-19(24)10-6-17)21(27)14-29-20-11-7-18(23)8-12-20/h5-12,15-16H,4,13-14H2,1-3H3,(H,25,28)/t15-,16+/m0/s1. The average Bonchev–Trinajstić information content (AvgIpc) is 2.72. The van der Waals surface area contributed by atoms with Crippen molar-refractivity contribution < 1.29 is 14.0 Å². The van der Waals surface area contributed by atoms with Gasteiger partial charge in [0.15, 0.2) is 0 Å². The van der Waals surface area contributed by atoms with Gasteiger partial charge in [-0.2, -0.15) is 0 Å². The van der Waals surface area contributed by atoms with Gasteiger partial charge in [0.25, 0.3) is 0 Å². The molecular weight excluding hydrogens is 411 g/mol. The van der Waals surface area contributed by atoms with Crippen molar-refractivity contribution in [3.05, 3.63) is 64.9 Å². The van der Waals surface area contributed by atoms with Gasteiger partial charge in [-0.3, -0.25) is 9.59 Å². The van der Waals surface area contributed by atoms with Crippen molar-refractivity contribution in [2.45, 2.75) is 50.7 Å². The Morgan fingerprint density at radius 2 is 1.72 bits per heavy atom. The first-order chi connectivity index (χ1) is 13.8. The van der Waals surface area contributed by atoms with Crippen LogP contribution in [0, 0.1) is 5.82 Å². The third kappa shape index (κ3) is 7.37. The van der Waals surface area contributed by atoms with Crippen molar-refractivity contribution >= 4 is 35.2 Å². The number of carbonyl (C=O) groups excluding carboxylic acids is 2. The van der Waals surface area contributed by atoms with Crippen molar-refractivity contribution in [3.63, 3.8) is 0 Å². The average molecular weight is 437 g/mol. The minimum Gasteiger partial charge on any atom is -0.352 e. The highest BCUT2D eigenvalue weighted by Gasteiger charge is 2.26. The summed E-state index contributed by atoms with van der Waals surface area (Å²) in [6.45, 7) is 5.86. The number of carbonyl (C=O) groups is 2. The molecule has 0 aliphatic carbocycles. The quantitative estimate of drug-likeness (QED) is 0.568. The molecule has 0 spiro atoms. The fraction of sp³-hybridized carbons (Fsp3) is 0.364. The number of nitrogens with zero attached hydrogens (tertiary/aromatic N) is 1. The summed E-state index contributed by atoms with van der Waals surface area (Å²) in [5, 5.41) is 3.56. The fourth-order valence-electron chi connectivity index (χ4n) is 2.59. The molecule has 0 aliphatic heterocycles. The van der Waals surface area contributed by atoms with Crippen LogP contribution in [0.5, 0.6) is 0 Å². The van der Waals surface area contributed by atoms with Gasteiger partial charge in [-0.15, -0.1) is 11.8 Å². The Kier molecular flexibility index (Phi) is 8.99. The third-order valence-corrected chi connectivity index (χ3v) is 5.86. The smallest absolute Gasteiger partial charge is 0.242 e. The van der Waals surface area contributed by atoms with E-state index in [0.717, 1.165) is 16.9 Å². The van der Waals surface area contributed by atoms with Crippen molar-refractivity contribution in [3.8, 4) is 0 Å². The van der Waals surface area contributed by atoms with Crippen molar-refractivity contribution in [1.82, 2.24) is 10.2 Å². The molecule has 0 unspecified atom stereocenters. The van der Waals surface area contributed by atoms with E-state index < -0.39 is 6.04 Å². The molecule has 4 nitrogen and oxygen atoms in total. The second-order valence-electron chi connectivity index (χ2n) is 6.88. The van der Waals surface area contributed by atoms with Crippen LogP contribution in [0.1, 0.15) is 32.8 Å². The van der Waals surface area contributed by atoms with Gasteiger partial charge >= 0.3 is 0 Å². The van der Waals surface area contributed by atoms with Gasteiger partial charge < -0.3 is 10.2 Å². The summed E-state index contributed by atoms with van der Waals surface area (Å²) < 4.78 is 13.2. The lowest BCUT2D eigenvalue weighted by Gasteiger charge is -2.29. The number of thioether (sulfide) groups is 1. The summed E-state index contributed by atoms with van der Waals surface area (Å²) in [6.07, 6.45) is 0.802. The Balaban J connectivity index is 2.13. The molecule has 0 aromatic heterocycles. The zero-order chi connectivity index (χ0) is 21.4. The van der Waals surface area contributed by atoms with Crippen LogP contribution in [0.3, 0.4) is 0 Å². The van der Waals surface area contributed by atoms with E-state index in [-0.39, 0.29) is 36.0 Å². The summed E-state index contributed by atoms with van der Waals surface area (Å²) >= 11 is 7.28. The maximum Gasteiger partial charge on any atom is 0.242 e. The lowest BCUT2D eigenvalue weighted by Crippen LogP contribution is -2.50. The summed E-state index contributed by atoms with van der Waals surface area (Å²) in [5.74, 6) is -0.524. The molecule has 0 saturated carbocycles. The Hall–Kier alpha value is -2.05. The molecule has 1 N–H and O–H groups in total. The molecular formula is C22H26ClFN2O2S. The molecule has 2 aromatic rings. The van der Waals surface area contributed by atoms with Gasteiger partial charge in [0, 0.05) is 22.5 Å². The first-order valence-corrected chi connectivity index (χ1v) is 10.9. The topological polar surface area (TPSA) is 49.4 Å². The highest BCUT2D eigenvalue weighted by Crippen LogP contribution is 2.22. The normalized spacial score (nSPS) is 12.9. The molecule has 2 atom stereocenters. The number of hydrogen-bond acceptors (Lipinski definition) is 3.